The third kappa shape index (κ3) is 3.29. The minimum absolute atomic E-state index is 0.614. The predicted molar refractivity (Wildman–Crippen MR) is 64.4 cm³/mol. The van der Waals surface area contributed by atoms with Gasteiger partial charge in [0, 0.05) is 0 Å². The molecular formula is C14H28. The lowest BCUT2D eigenvalue weighted by molar-refractivity contribution is 0.217. The van der Waals surface area contributed by atoms with Crippen molar-refractivity contribution >= 4 is 0 Å². The van der Waals surface area contributed by atoms with Crippen molar-refractivity contribution in [2.45, 2.75) is 72.6 Å². The molecule has 0 aromatic carbocycles. The Labute approximate surface area is 90.5 Å². The van der Waals surface area contributed by atoms with Crippen LogP contribution in [0.15, 0.2) is 0 Å². The average Bonchev–Trinajstić information content (AvgIpc) is 2.25. The maximum atomic E-state index is 2.46. The van der Waals surface area contributed by atoms with Gasteiger partial charge in [0.2, 0.25) is 0 Å². The summed E-state index contributed by atoms with van der Waals surface area (Å²) < 4.78 is 0. The molecule has 1 saturated carbocycles. The van der Waals surface area contributed by atoms with E-state index in [4.69, 9.17) is 0 Å². The van der Waals surface area contributed by atoms with Crippen molar-refractivity contribution in [3.05, 3.63) is 0 Å². The highest BCUT2D eigenvalue weighted by Crippen LogP contribution is 2.42. The first-order chi connectivity index (χ1) is 6.59. The number of hydrogen-bond acceptors (Lipinski definition) is 0. The van der Waals surface area contributed by atoms with Crippen LogP contribution in [0.1, 0.15) is 72.6 Å². The standard InChI is InChI=1S/C14H28/c1-5-8-13-9-7-10-14(3,4)11-12(13)6-2/h12-13H,5-11H2,1-4H3. The van der Waals surface area contributed by atoms with E-state index in [1.165, 1.54) is 44.9 Å². The van der Waals surface area contributed by atoms with Crippen molar-refractivity contribution in [1.82, 2.24) is 0 Å². The Balaban J connectivity index is 2.59. The maximum Gasteiger partial charge on any atom is -0.0351 e. The van der Waals surface area contributed by atoms with E-state index in [-0.39, 0.29) is 0 Å². The van der Waals surface area contributed by atoms with Crippen molar-refractivity contribution in [3.8, 4) is 0 Å². The Bertz CT molecular complexity index is 157. The highest BCUT2D eigenvalue weighted by molar-refractivity contribution is 4.81. The van der Waals surface area contributed by atoms with Crippen molar-refractivity contribution in [1.29, 1.82) is 0 Å². The summed E-state index contributed by atoms with van der Waals surface area (Å²) in [5.41, 5.74) is 0.614. The van der Waals surface area contributed by atoms with E-state index >= 15 is 0 Å². The fourth-order valence-electron chi connectivity index (χ4n) is 3.29. The van der Waals surface area contributed by atoms with E-state index in [0.717, 1.165) is 11.8 Å². The molecule has 0 heteroatoms. The molecule has 0 N–H and O–H groups in total. The zero-order valence-corrected chi connectivity index (χ0v) is 10.6. The normalized spacial score (nSPS) is 32.6. The minimum atomic E-state index is 0.614. The molecule has 14 heavy (non-hydrogen) atoms. The molecule has 1 aliphatic rings. The summed E-state index contributed by atoms with van der Waals surface area (Å²) in [6.45, 7) is 9.64. The molecule has 1 aliphatic carbocycles. The Morgan fingerprint density at radius 2 is 1.86 bits per heavy atom. The molecule has 0 spiro atoms. The second kappa shape index (κ2) is 5.19. The molecule has 0 radical (unpaired) electrons. The summed E-state index contributed by atoms with van der Waals surface area (Å²) in [7, 11) is 0. The molecule has 0 aromatic rings. The first-order valence-corrected chi connectivity index (χ1v) is 6.59. The van der Waals surface area contributed by atoms with Crippen molar-refractivity contribution in [2.24, 2.45) is 17.3 Å². The fraction of sp³-hybridized carbons (Fsp3) is 1.00. The van der Waals surface area contributed by atoms with Gasteiger partial charge in [-0.1, -0.05) is 59.8 Å². The van der Waals surface area contributed by atoms with Crippen LogP contribution >= 0.6 is 0 Å². The van der Waals surface area contributed by atoms with E-state index in [2.05, 4.69) is 27.7 Å². The van der Waals surface area contributed by atoms with Crippen molar-refractivity contribution in [2.75, 3.05) is 0 Å². The molecule has 84 valence electrons. The summed E-state index contributed by atoms with van der Waals surface area (Å²) in [4.78, 5) is 0. The largest absolute Gasteiger partial charge is 0.0654 e. The molecule has 0 heterocycles. The molecule has 0 bridgehead atoms. The monoisotopic (exact) mass is 196 g/mol. The van der Waals surface area contributed by atoms with Gasteiger partial charge in [-0.05, 0) is 30.1 Å². The summed E-state index contributed by atoms with van der Waals surface area (Å²) in [5, 5.41) is 0. The maximum absolute atomic E-state index is 2.46. The quantitative estimate of drug-likeness (QED) is 0.555. The Morgan fingerprint density at radius 3 is 2.43 bits per heavy atom. The second-order valence-electron chi connectivity index (χ2n) is 5.98. The molecule has 2 unspecified atom stereocenters. The van der Waals surface area contributed by atoms with Gasteiger partial charge in [0.15, 0.2) is 0 Å². The third-order valence-electron chi connectivity index (χ3n) is 4.09. The van der Waals surface area contributed by atoms with Gasteiger partial charge in [-0.3, -0.25) is 0 Å². The average molecular weight is 196 g/mol. The lowest BCUT2D eigenvalue weighted by Gasteiger charge is -2.29. The van der Waals surface area contributed by atoms with Crippen LogP contribution in [0.5, 0.6) is 0 Å². The molecule has 0 amide bonds. The summed E-state index contributed by atoms with van der Waals surface area (Å²) in [6, 6.07) is 0. The SMILES string of the molecule is CCCC1CCCC(C)(C)CC1CC. The Kier molecular flexibility index (Phi) is 4.47. The zero-order chi connectivity index (χ0) is 10.6. The molecule has 2 atom stereocenters. The third-order valence-corrected chi connectivity index (χ3v) is 4.09. The molecule has 0 aliphatic heterocycles. The Morgan fingerprint density at radius 1 is 1.14 bits per heavy atom. The highest BCUT2D eigenvalue weighted by atomic mass is 14.4. The predicted octanol–water partition coefficient (Wildman–Crippen LogP) is 5.03. The smallest absolute Gasteiger partial charge is 0.0351 e. The van der Waals surface area contributed by atoms with E-state index < -0.39 is 0 Å². The van der Waals surface area contributed by atoms with Gasteiger partial charge in [-0.2, -0.15) is 0 Å². The molecule has 1 rings (SSSR count). The first kappa shape index (κ1) is 12.1. The summed E-state index contributed by atoms with van der Waals surface area (Å²) >= 11 is 0. The number of hydrogen-bond donors (Lipinski definition) is 0. The molecule has 0 aromatic heterocycles. The van der Waals surface area contributed by atoms with Gasteiger partial charge in [0.25, 0.3) is 0 Å². The Hall–Kier alpha value is 0. The fourth-order valence-corrected chi connectivity index (χ4v) is 3.29. The molecule has 0 nitrogen and oxygen atoms in total. The van der Waals surface area contributed by atoms with Crippen LogP contribution in [0.3, 0.4) is 0 Å². The van der Waals surface area contributed by atoms with Gasteiger partial charge in [-0.15, -0.1) is 0 Å². The van der Waals surface area contributed by atoms with Gasteiger partial charge >= 0.3 is 0 Å². The van der Waals surface area contributed by atoms with Gasteiger partial charge < -0.3 is 0 Å². The van der Waals surface area contributed by atoms with Crippen LogP contribution in [0.25, 0.3) is 0 Å². The van der Waals surface area contributed by atoms with Crippen molar-refractivity contribution < 1.29 is 0 Å². The van der Waals surface area contributed by atoms with E-state index in [9.17, 15) is 0 Å². The first-order valence-electron chi connectivity index (χ1n) is 6.59. The van der Waals surface area contributed by atoms with Gasteiger partial charge in [0.05, 0.1) is 0 Å². The highest BCUT2D eigenvalue weighted by Gasteiger charge is 2.30. The van der Waals surface area contributed by atoms with E-state index in [1.54, 1.807) is 0 Å². The van der Waals surface area contributed by atoms with Gasteiger partial charge in [-0.25, -0.2) is 0 Å². The summed E-state index contributed by atoms with van der Waals surface area (Å²) in [5.74, 6) is 2.04. The van der Waals surface area contributed by atoms with Crippen LogP contribution < -0.4 is 0 Å². The van der Waals surface area contributed by atoms with Gasteiger partial charge in [0.1, 0.15) is 0 Å². The lowest BCUT2D eigenvalue weighted by atomic mass is 9.76. The van der Waals surface area contributed by atoms with Crippen LogP contribution in [-0.4, -0.2) is 0 Å². The minimum Gasteiger partial charge on any atom is -0.0654 e. The topological polar surface area (TPSA) is 0 Å². The molecule has 1 fully saturated rings. The summed E-state index contributed by atoms with van der Waals surface area (Å²) in [6.07, 6.45) is 10.1. The second-order valence-corrected chi connectivity index (χ2v) is 5.98. The van der Waals surface area contributed by atoms with E-state index in [0.29, 0.717) is 5.41 Å². The van der Waals surface area contributed by atoms with Crippen LogP contribution in [0.4, 0.5) is 0 Å². The number of rotatable bonds is 3. The lowest BCUT2D eigenvalue weighted by Crippen LogP contribution is -2.18. The molecule has 0 saturated heterocycles. The van der Waals surface area contributed by atoms with Crippen molar-refractivity contribution in [3.63, 3.8) is 0 Å². The zero-order valence-electron chi connectivity index (χ0n) is 10.6. The van der Waals surface area contributed by atoms with Crippen LogP contribution in [-0.2, 0) is 0 Å². The van der Waals surface area contributed by atoms with E-state index in [1.807, 2.05) is 0 Å². The molecular weight excluding hydrogens is 168 g/mol. The van der Waals surface area contributed by atoms with Crippen LogP contribution in [0.2, 0.25) is 0 Å². The van der Waals surface area contributed by atoms with Crippen LogP contribution in [0, 0.1) is 17.3 Å².